The normalized spacial score (nSPS) is 11.0. The number of aromatic hydroxyl groups is 1. The molecule has 0 aliphatic carbocycles. The van der Waals surface area contributed by atoms with Crippen molar-refractivity contribution in [3.63, 3.8) is 0 Å². The number of aryl methyl sites for hydroxylation is 1. The Kier molecular flexibility index (Phi) is 5.17. The van der Waals surface area contributed by atoms with Gasteiger partial charge in [-0.05, 0) is 80.5 Å². The molecular weight excluding hydrogens is 312 g/mol. The van der Waals surface area contributed by atoms with Gasteiger partial charge in [-0.2, -0.15) is 0 Å². The Labute approximate surface area is 149 Å². The van der Waals surface area contributed by atoms with E-state index < -0.39 is 0 Å². The summed E-state index contributed by atoms with van der Waals surface area (Å²) in [4.78, 5) is 25.6. The van der Waals surface area contributed by atoms with Gasteiger partial charge in [0.15, 0.2) is 11.6 Å². The van der Waals surface area contributed by atoms with Crippen LogP contribution in [0.4, 0.5) is 0 Å². The van der Waals surface area contributed by atoms with Crippen LogP contribution in [0.15, 0.2) is 18.2 Å². The van der Waals surface area contributed by atoms with Crippen LogP contribution in [-0.2, 0) is 0 Å². The van der Waals surface area contributed by atoms with Gasteiger partial charge in [0.2, 0.25) is 0 Å². The SMILES string of the molecule is CC(=O)c1c(C)c(C(C)C)c(C)c(C)c1C(=O)c1ccc(C)cc1O. The third-order valence-corrected chi connectivity index (χ3v) is 4.92. The molecule has 0 saturated carbocycles. The van der Waals surface area contributed by atoms with Crippen LogP contribution >= 0.6 is 0 Å². The minimum absolute atomic E-state index is 0.0536. The number of benzene rings is 2. The number of ketones is 2. The van der Waals surface area contributed by atoms with Crippen LogP contribution in [0.5, 0.6) is 5.75 Å². The van der Waals surface area contributed by atoms with E-state index >= 15 is 0 Å². The van der Waals surface area contributed by atoms with Gasteiger partial charge in [0, 0.05) is 11.1 Å². The molecule has 0 heterocycles. The van der Waals surface area contributed by atoms with E-state index in [9.17, 15) is 14.7 Å². The van der Waals surface area contributed by atoms with Crippen molar-refractivity contribution in [2.75, 3.05) is 0 Å². The summed E-state index contributed by atoms with van der Waals surface area (Å²) in [5.74, 6) is -0.227. The molecule has 2 aromatic rings. The van der Waals surface area contributed by atoms with Crippen molar-refractivity contribution in [2.45, 2.75) is 54.4 Å². The maximum Gasteiger partial charge on any atom is 0.197 e. The highest BCUT2D eigenvalue weighted by atomic mass is 16.3. The van der Waals surface area contributed by atoms with Crippen LogP contribution in [0.25, 0.3) is 0 Å². The number of rotatable bonds is 4. The number of hydrogen-bond donors (Lipinski definition) is 1. The lowest BCUT2D eigenvalue weighted by Gasteiger charge is -2.23. The molecule has 1 N–H and O–H groups in total. The maximum absolute atomic E-state index is 13.2. The number of phenolic OH excluding ortho intramolecular Hbond substituents is 1. The molecular formula is C22H26O3. The van der Waals surface area contributed by atoms with E-state index in [4.69, 9.17) is 0 Å². The molecule has 132 valence electrons. The first-order valence-electron chi connectivity index (χ1n) is 8.56. The first-order valence-corrected chi connectivity index (χ1v) is 8.56. The molecule has 0 amide bonds. The predicted octanol–water partition coefficient (Wildman–Crippen LogP) is 5.18. The summed E-state index contributed by atoms with van der Waals surface area (Å²) in [5, 5.41) is 10.2. The molecule has 2 aromatic carbocycles. The highest BCUT2D eigenvalue weighted by Crippen LogP contribution is 2.34. The fourth-order valence-electron chi connectivity index (χ4n) is 3.74. The van der Waals surface area contributed by atoms with Gasteiger partial charge >= 0.3 is 0 Å². The quantitative estimate of drug-likeness (QED) is 0.781. The molecule has 0 aliphatic heterocycles. The molecule has 0 bridgehead atoms. The average Bonchev–Trinajstić information content (AvgIpc) is 2.49. The van der Waals surface area contributed by atoms with Crippen LogP contribution in [0.1, 0.15) is 80.8 Å². The second-order valence-electron chi connectivity index (χ2n) is 7.10. The van der Waals surface area contributed by atoms with Crippen LogP contribution in [-0.4, -0.2) is 16.7 Å². The highest BCUT2D eigenvalue weighted by molar-refractivity contribution is 6.18. The molecule has 3 nitrogen and oxygen atoms in total. The van der Waals surface area contributed by atoms with Crippen LogP contribution < -0.4 is 0 Å². The molecule has 0 aliphatic rings. The van der Waals surface area contributed by atoms with Gasteiger partial charge in [0.1, 0.15) is 5.75 Å². The second kappa shape index (κ2) is 6.83. The van der Waals surface area contributed by atoms with Gasteiger partial charge in [-0.15, -0.1) is 0 Å². The summed E-state index contributed by atoms with van der Waals surface area (Å²) < 4.78 is 0. The number of hydrogen-bond acceptors (Lipinski definition) is 3. The predicted molar refractivity (Wildman–Crippen MR) is 101 cm³/mol. The van der Waals surface area contributed by atoms with E-state index in [2.05, 4.69) is 13.8 Å². The summed E-state index contributed by atoms with van der Waals surface area (Å²) in [6.07, 6.45) is 0. The van der Waals surface area contributed by atoms with E-state index in [0.29, 0.717) is 11.1 Å². The van der Waals surface area contributed by atoms with Crippen LogP contribution in [0.2, 0.25) is 0 Å². The van der Waals surface area contributed by atoms with E-state index in [1.807, 2.05) is 27.7 Å². The number of phenols is 1. The molecule has 0 atom stereocenters. The molecule has 3 heteroatoms. The van der Waals surface area contributed by atoms with Crippen LogP contribution in [0.3, 0.4) is 0 Å². The summed E-state index contributed by atoms with van der Waals surface area (Å²) in [7, 11) is 0. The third kappa shape index (κ3) is 3.23. The zero-order valence-corrected chi connectivity index (χ0v) is 16.1. The molecule has 0 radical (unpaired) electrons. The Bertz CT molecular complexity index is 874. The number of Topliss-reactive ketones (excluding diaryl/α,β-unsaturated/α-hetero) is 1. The molecule has 0 aromatic heterocycles. The number of carbonyl (C=O) groups excluding carboxylic acids is 2. The molecule has 0 saturated heterocycles. The van der Waals surface area contributed by atoms with Crippen molar-refractivity contribution >= 4 is 11.6 Å². The fraction of sp³-hybridized carbons (Fsp3) is 0.364. The van der Waals surface area contributed by atoms with Gasteiger partial charge in [0.05, 0.1) is 5.56 Å². The lowest BCUT2D eigenvalue weighted by Crippen LogP contribution is -2.16. The molecule has 2 rings (SSSR count). The monoisotopic (exact) mass is 338 g/mol. The van der Waals surface area contributed by atoms with Crippen LogP contribution in [0, 0.1) is 27.7 Å². The largest absolute Gasteiger partial charge is 0.507 e. The standard InChI is InChI=1S/C22H26O3/c1-11(2)19-13(4)14(5)21(20(15(19)6)16(7)23)22(25)17-9-8-12(3)10-18(17)24/h8-11,24H,1-7H3. The smallest absolute Gasteiger partial charge is 0.197 e. The van der Waals surface area contributed by atoms with E-state index in [1.165, 1.54) is 6.92 Å². The maximum atomic E-state index is 13.2. The lowest BCUT2D eigenvalue weighted by atomic mass is 9.80. The summed E-state index contributed by atoms with van der Waals surface area (Å²) in [6.45, 7) is 13.3. The van der Waals surface area contributed by atoms with Gasteiger partial charge in [0.25, 0.3) is 0 Å². The minimum Gasteiger partial charge on any atom is -0.507 e. The Morgan fingerprint density at radius 1 is 0.920 bits per heavy atom. The van der Waals surface area contributed by atoms with Crippen molar-refractivity contribution in [2.24, 2.45) is 0 Å². The molecule has 0 unspecified atom stereocenters. The van der Waals surface area contributed by atoms with Crippen molar-refractivity contribution in [3.05, 3.63) is 62.7 Å². The highest BCUT2D eigenvalue weighted by Gasteiger charge is 2.27. The zero-order chi connectivity index (χ0) is 19.0. The topological polar surface area (TPSA) is 54.4 Å². The van der Waals surface area contributed by atoms with E-state index in [1.54, 1.807) is 18.2 Å². The molecule has 0 fully saturated rings. The van der Waals surface area contributed by atoms with Gasteiger partial charge in [-0.3, -0.25) is 9.59 Å². The lowest BCUT2D eigenvalue weighted by molar-refractivity contribution is 0.0988. The Hall–Kier alpha value is -2.42. The van der Waals surface area contributed by atoms with Gasteiger partial charge in [-0.1, -0.05) is 19.9 Å². The number of carbonyl (C=O) groups is 2. The van der Waals surface area contributed by atoms with E-state index in [-0.39, 0.29) is 28.8 Å². The van der Waals surface area contributed by atoms with Gasteiger partial charge < -0.3 is 5.11 Å². The molecule has 0 spiro atoms. The fourth-order valence-corrected chi connectivity index (χ4v) is 3.74. The molecule has 25 heavy (non-hydrogen) atoms. The average molecular weight is 338 g/mol. The first kappa shape index (κ1) is 18.9. The Morgan fingerprint density at radius 2 is 1.52 bits per heavy atom. The Morgan fingerprint density at radius 3 is 2.00 bits per heavy atom. The third-order valence-electron chi connectivity index (χ3n) is 4.92. The van der Waals surface area contributed by atoms with E-state index in [0.717, 1.165) is 27.8 Å². The summed E-state index contributed by atoms with van der Waals surface area (Å²) in [5.41, 5.74) is 5.81. The van der Waals surface area contributed by atoms with Crippen molar-refractivity contribution in [1.82, 2.24) is 0 Å². The zero-order valence-electron chi connectivity index (χ0n) is 16.1. The summed E-state index contributed by atoms with van der Waals surface area (Å²) in [6, 6.07) is 4.98. The van der Waals surface area contributed by atoms with Gasteiger partial charge in [-0.25, -0.2) is 0 Å². The van der Waals surface area contributed by atoms with Crippen molar-refractivity contribution in [1.29, 1.82) is 0 Å². The Balaban J connectivity index is 2.85. The first-order chi connectivity index (χ1) is 11.6. The summed E-state index contributed by atoms with van der Waals surface area (Å²) >= 11 is 0. The van der Waals surface area contributed by atoms with Crippen molar-refractivity contribution in [3.8, 4) is 5.75 Å². The van der Waals surface area contributed by atoms with Crippen molar-refractivity contribution < 1.29 is 14.7 Å². The second-order valence-corrected chi connectivity index (χ2v) is 7.10. The minimum atomic E-state index is -0.304.